The molecule has 0 bridgehead atoms. The van der Waals surface area contributed by atoms with Gasteiger partial charge < -0.3 is 10.9 Å². The summed E-state index contributed by atoms with van der Waals surface area (Å²) in [7, 11) is 1.46. The third-order valence-electron chi connectivity index (χ3n) is 3.09. The lowest BCUT2D eigenvalue weighted by atomic mass is 10.0. The summed E-state index contributed by atoms with van der Waals surface area (Å²) in [4.78, 5) is 11.1. The summed E-state index contributed by atoms with van der Waals surface area (Å²) in [6.07, 6.45) is 11.5. The molecule has 0 aromatic rings. The predicted molar refractivity (Wildman–Crippen MR) is 73.4 cm³/mol. The van der Waals surface area contributed by atoms with Crippen LogP contribution in [-0.2, 0) is 9.53 Å². The zero-order chi connectivity index (χ0) is 12.2. The molecule has 17 heavy (non-hydrogen) atoms. The Bertz CT molecular complexity index is 172. The number of methoxy groups -OCH3 is 1. The fraction of sp³-hybridized carbons (Fsp3) is 0.929. The standard InChI is InChI=1S/C14H28O2.H3N/c1-4-5-6-7-8-9-10-11-12-13(2)14(15)16-3;/h13H,4-12H2,1-3H3;1H3. The Hall–Kier alpha value is -0.570. The Morgan fingerprint density at radius 1 is 1.00 bits per heavy atom. The third-order valence-corrected chi connectivity index (χ3v) is 3.09. The summed E-state index contributed by atoms with van der Waals surface area (Å²) >= 11 is 0. The van der Waals surface area contributed by atoms with Crippen molar-refractivity contribution in [3.63, 3.8) is 0 Å². The second-order valence-corrected chi connectivity index (χ2v) is 4.69. The summed E-state index contributed by atoms with van der Waals surface area (Å²) in [6.45, 7) is 4.20. The number of carbonyl (C=O) groups is 1. The molecule has 0 aliphatic rings. The topological polar surface area (TPSA) is 61.3 Å². The summed E-state index contributed by atoms with van der Waals surface area (Å²) in [5, 5.41) is 0. The van der Waals surface area contributed by atoms with Gasteiger partial charge in [-0.3, -0.25) is 4.79 Å². The van der Waals surface area contributed by atoms with Crippen LogP contribution in [0.15, 0.2) is 0 Å². The van der Waals surface area contributed by atoms with E-state index in [0.29, 0.717) is 0 Å². The van der Waals surface area contributed by atoms with Gasteiger partial charge >= 0.3 is 5.97 Å². The molecular weight excluding hydrogens is 214 g/mol. The monoisotopic (exact) mass is 245 g/mol. The normalized spacial score (nSPS) is 11.7. The molecule has 0 spiro atoms. The SMILES string of the molecule is CCCCCCCCCCC(C)C(=O)OC.N. The van der Waals surface area contributed by atoms with Gasteiger partial charge in [-0.25, -0.2) is 0 Å². The van der Waals surface area contributed by atoms with Crippen LogP contribution in [0.1, 0.15) is 71.6 Å². The Morgan fingerprint density at radius 3 is 1.94 bits per heavy atom. The van der Waals surface area contributed by atoms with Crippen molar-refractivity contribution in [3.05, 3.63) is 0 Å². The van der Waals surface area contributed by atoms with E-state index in [9.17, 15) is 4.79 Å². The van der Waals surface area contributed by atoms with Crippen LogP contribution in [0.25, 0.3) is 0 Å². The Balaban J connectivity index is 0. The molecule has 0 aliphatic heterocycles. The second-order valence-electron chi connectivity index (χ2n) is 4.69. The number of esters is 1. The highest BCUT2D eigenvalue weighted by Crippen LogP contribution is 2.13. The summed E-state index contributed by atoms with van der Waals surface area (Å²) < 4.78 is 4.70. The highest BCUT2D eigenvalue weighted by Gasteiger charge is 2.11. The number of hydrogen-bond donors (Lipinski definition) is 1. The molecule has 0 amide bonds. The number of hydrogen-bond acceptors (Lipinski definition) is 3. The zero-order valence-corrected chi connectivity index (χ0v) is 12.0. The number of ether oxygens (including phenoxy) is 1. The summed E-state index contributed by atoms with van der Waals surface area (Å²) in [5.41, 5.74) is 0. The lowest BCUT2D eigenvalue weighted by Gasteiger charge is -2.08. The van der Waals surface area contributed by atoms with Crippen LogP contribution >= 0.6 is 0 Å². The van der Waals surface area contributed by atoms with Crippen LogP contribution < -0.4 is 6.15 Å². The molecule has 0 heterocycles. The Labute approximate surface area is 107 Å². The molecule has 0 aromatic heterocycles. The molecule has 3 N–H and O–H groups in total. The fourth-order valence-corrected chi connectivity index (χ4v) is 1.90. The molecule has 3 nitrogen and oxygen atoms in total. The van der Waals surface area contributed by atoms with Crippen molar-refractivity contribution in [2.45, 2.75) is 71.6 Å². The van der Waals surface area contributed by atoms with Crippen molar-refractivity contribution < 1.29 is 9.53 Å². The molecule has 0 fully saturated rings. The van der Waals surface area contributed by atoms with Crippen LogP contribution in [-0.4, -0.2) is 13.1 Å². The van der Waals surface area contributed by atoms with E-state index in [1.165, 1.54) is 52.1 Å². The average molecular weight is 245 g/mol. The van der Waals surface area contributed by atoms with Crippen LogP contribution in [0.3, 0.4) is 0 Å². The maximum Gasteiger partial charge on any atom is 0.308 e. The van der Waals surface area contributed by atoms with Crippen LogP contribution in [0.2, 0.25) is 0 Å². The summed E-state index contributed by atoms with van der Waals surface area (Å²) in [6, 6.07) is 0. The highest BCUT2D eigenvalue weighted by atomic mass is 16.5. The van der Waals surface area contributed by atoms with E-state index in [0.717, 1.165) is 12.8 Å². The van der Waals surface area contributed by atoms with Crippen molar-refractivity contribution in [1.82, 2.24) is 6.15 Å². The molecule has 0 saturated heterocycles. The third kappa shape index (κ3) is 11.7. The van der Waals surface area contributed by atoms with Gasteiger partial charge in [-0.05, 0) is 6.42 Å². The Kier molecular flexibility index (Phi) is 14.9. The number of carbonyl (C=O) groups excluding carboxylic acids is 1. The lowest BCUT2D eigenvalue weighted by Crippen LogP contribution is -2.12. The predicted octanol–water partition coefficient (Wildman–Crippen LogP) is 4.49. The second kappa shape index (κ2) is 13.5. The molecular formula is C14H31NO2. The first-order valence-corrected chi connectivity index (χ1v) is 6.80. The summed E-state index contributed by atoms with van der Waals surface area (Å²) in [5.74, 6) is 0.00744. The van der Waals surface area contributed by atoms with Crippen molar-refractivity contribution >= 4 is 5.97 Å². The van der Waals surface area contributed by atoms with Crippen molar-refractivity contribution in [3.8, 4) is 0 Å². The maximum absolute atomic E-state index is 11.1. The molecule has 104 valence electrons. The first-order chi connectivity index (χ1) is 7.72. The largest absolute Gasteiger partial charge is 0.469 e. The van der Waals surface area contributed by atoms with Gasteiger partial charge in [0.25, 0.3) is 0 Å². The van der Waals surface area contributed by atoms with E-state index in [1.807, 2.05) is 6.92 Å². The minimum Gasteiger partial charge on any atom is -0.469 e. The van der Waals surface area contributed by atoms with Crippen molar-refractivity contribution in [2.24, 2.45) is 5.92 Å². The molecule has 0 aromatic carbocycles. The van der Waals surface area contributed by atoms with Gasteiger partial charge in [0.15, 0.2) is 0 Å². The van der Waals surface area contributed by atoms with Crippen LogP contribution in [0, 0.1) is 5.92 Å². The highest BCUT2D eigenvalue weighted by molar-refractivity contribution is 5.71. The molecule has 0 rings (SSSR count). The van der Waals surface area contributed by atoms with E-state index in [-0.39, 0.29) is 18.0 Å². The fourth-order valence-electron chi connectivity index (χ4n) is 1.90. The van der Waals surface area contributed by atoms with Gasteiger partial charge in [0, 0.05) is 0 Å². The van der Waals surface area contributed by atoms with Crippen molar-refractivity contribution in [2.75, 3.05) is 7.11 Å². The first kappa shape index (κ1) is 18.8. The molecule has 0 saturated carbocycles. The van der Waals surface area contributed by atoms with Crippen LogP contribution in [0.4, 0.5) is 0 Å². The van der Waals surface area contributed by atoms with Gasteiger partial charge in [0.05, 0.1) is 13.0 Å². The smallest absolute Gasteiger partial charge is 0.308 e. The Morgan fingerprint density at radius 2 is 1.47 bits per heavy atom. The first-order valence-electron chi connectivity index (χ1n) is 6.80. The minimum atomic E-state index is -0.0667. The van der Waals surface area contributed by atoms with Gasteiger partial charge in [-0.15, -0.1) is 0 Å². The maximum atomic E-state index is 11.1. The van der Waals surface area contributed by atoms with E-state index in [2.05, 4.69) is 6.92 Å². The van der Waals surface area contributed by atoms with E-state index in [4.69, 9.17) is 4.74 Å². The van der Waals surface area contributed by atoms with Gasteiger partial charge in [-0.2, -0.15) is 0 Å². The number of unbranched alkanes of at least 4 members (excludes halogenated alkanes) is 7. The van der Waals surface area contributed by atoms with E-state index >= 15 is 0 Å². The molecule has 3 heteroatoms. The quantitative estimate of drug-likeness (QED) is 0.455. The zero-order valence-electron chi connectivity index (χ0n) is 12.0. The van der Waals surface area contributed by atoms with Crippen molar-refractivity contribution in [1.29, 1.82) is 0 Å². The van der Waals surface area contributed by atoms with Gasteiger partial charge in [0.1, 0.15) is 0 Å². The molecule has 1 unspecified atom stereocenters. The van der Waals surface area contributed by atoms with Crippen LogP contribution in [0.5, 0.6) is 0 Å². The molecule has 1 atom stereocenters. The van der Waals surface area contributed by atoms with Gasteiger partial charge in [-0.1, -0.05) is 65.2 Å². The minimum absolute atomic E-state index is 0. The van der Waals surface area contributed by atoms with Gasteiger partial charge in [0.2, 0.25) is 0 Å². The van der Waals surface area contributed by atoms with E-state index in [1.54, 1.807) is 0 Å². The molecule has 0 radical (unpaired) electrons. The molecule has 0 aliphatic carbocycles. The van der Waals surface area contributed by atoms with E-state index < -0.39 is 0 Å². The lowest BCUT2D eigenvalue weighted by molar-refractivity contribution is -0.145. The number of rotatable bonds is 10. The average Bonchev–Trinajstić information content (AvgIpc) is 2.31.